The minimum atomic E-state index is -3.69. The van der Waals surface area contributed by atoms with Crippen LogP contribution < -0.4 is 15.4 Å². The van der Waals surface area contributed by atoms with Crippen molar-refractivity contribution in [3.8, 4) is 5.75 Å². The number of ether oxygens (including phenoxy) is 1. The number of hydrogen-bond acceptors (Lipinski definition) is 5. The quantitative estimate of drug-likeness (QED) is 0.674. The molecule has 8 nitrogen and oxygen atoms in total. The van der Waals surface area contributed by atoms with Crippen molar-refractivity contribution in [2.24, 2.45) is 0 Å². The van der Waals surface area contributed by atoms with Crippen molar-refractivity contribution in [2.45, 2.75) is 11.8 Å². The lowest BCUT2D eigenvalue weighted by molar-refractivity contribution is -0.115. The van der Waals surface area contributed by atoms with Crippen molar-refractivity contribution < 1.29 is 27.1 Å². The van der Waals surface area contributed by atoms with E-state index in [-0.39, 0.29) is 28.4 Å². The molecule has 0 atom stereocenters. The lowest BCUT2D eigenvalue weighted by Crippen LogP contribution is -2.33. The number of carbonyl (C=O) groups excluding carboxylic acids is 2. The third-order valence-corrected chi connectivity index (χ3v) is 5.61. The van der Waals surface area contributed by atoms with E-state index in [1.54, 1.807) is 6.92 Å². The van der Waals surface area contributed by atoms with Crippen LogP contribution in [-0.2, 0) is 14.8 Å². The van der Waals surface area contributed by atoms with Gasteiger partial charge in [-0.2, -0.15) is 0 Å². The van der Waals surface area contributed by atoms with Crippen LogP contribution in [0.2, 0.25) is 0 Å². The van der Waals surface area contributed by atoms with Crippen LogP contribution in [0.3, 0.4) is 0 Å². The van der Waals surface area contributed by atoms with Crippen LogP contribution in [0.15, 0.2) is 47.4 Å². The zero-order valence-corrected chi connectivity index (χ0v) is 17.0. The van der Waals surface area contributed by atoms with Gasteiger partial charge in [-0.1, -0.05) is 6.07 Å². The molecule has 0 aliphatic heterocycles. The number of nitrogens with one attached hydrogen (secondary N) is 2. The second-order valence-corrected chi connectivity index (χ2v) is 8.28. The van der Waals surface area contributed by atoms with Crippen LogP contribution in [0.1, 0.15) is 17.3 Å². The minimum absolute atomic E-state index is 0.0375. The summed E-state index contributed by atoms with van der Waals surface area (Å²) in [7, 11) is -0.918. The predicted octanol–water partition coefficient (Wildman–Crippen LogP) is 1.84. The van der Waals surface area contributed by atoms with Crippen molar-refractivity contribution in [1.82, 2.24) is 9.62 Å². The van der Waals surface area contributed by atoms with Crippen molar-refractivity contribution in [3.05, 3.63) is 53.8 Å². The highest BCUT2D eigenvalue weighted by Gasteiger charge is 2.19. The first-order valence-electron chi connectivity index (χ1n) is 8.68. The summed E-state index contributed by atoms with van der Waals surface area (Å²) in [6.07, 6.45) is 0. The third kappa shape index (κ3) is 5.75. The van der Waals surface area contributed by atoms with Gasteiger partial charge in [-0.25, -0.2) is 17.1 Å². The second kappa shape index (κ2) is 9.48. The molecule has 0 aliphatic rings. The molecule has 10 heteroatoms. The first-order valence-corrected chi connectivity index (χ1v) is 10.1. The predicted molar refractivity (Wildman–Crippen MR) is 106 cm³/mol. The van der Waals surface area contributed by atoms with Gasteiger partial charge in [0.2, 0.25) is 15.9 Å². The summed E-state index contributed by atoms with van der Waals surface area (Å²) in [5.74, 6) is -1.73. The fraction of sp³-hybridized carbons (Fsp3) is 0.263. The molecule has 156 valence electrons. The minimum Gasteiger partial charge on any atom is -0.491 e. The van der Waals surface area contributed by atoms with E-state index < -0.39 is 27.7 Å². The molecule has 0 saturated carbocycles. The molecule has 2 rings (SSSR count). The number of carbonyl (C=O) groups is 2. The number of hydrogen-bond donors (Lipinski definition) is 2. The average Bonchev–Trinajstić information content (AvgIpc) is 2.68. The van der Waals surface area contributed by atoms with Gasteiger partial charge in [0.15, 0.2) is 11.6 Å². The van der Waals surface area contributed by atoms with Crippen molar-refractivity contribution in [2.75, 3.05) is 32.6 Å². The molecule has 0 spiro atoms. The standard InChI is InChI=1S/C19H22FN3O5S/c1-4-28-17-9-8-14(11-16(17)20)22-18(24)12-21-19(25)13-6-5-7-15(10-13)29(26,27)23(2)3/h5-11H,4,12H2,1-3H3,(H,21,25)(H,22,24). The molecule has 0 unspecified atom stereocenters. The van der Waals surface area contributed by atoms with Crippen LogP contribution in [-0.4, -0.2) is 51.8 Å². The number of halogens is 1. The molecule has 2 aromatic rings. The zero-order chi connectivity index (χ0) is 21.6. The van der Waals surface area contributed by atoms with E-state index >= 15 is 0 Å². The molecule has 2 amide bonds. The number of anilines is 1. The molecule has 0 aromatic heterocycles. The summed E-state index contributed by atoms with van der Waals surface area (Å²) in [4.78, 5) is 24.2. The Kier molecular flexibility index (Phi) is 7.29. The maximum absolute atomic E-state index is 13.8. The normalized spacial score (nSPS) is 11.2. The van der Waals surface area contributed by atoms with E-state index in [0.29, 0.717) is 6.61 Å². The second-order valence-electron chi connectivity index (χ2n) is 6.12. The lowest BCUT2D eigenvalue weighted by Gasteiger charge is -2.12. The first kappa shape index (κ1) is 22.3. The van der Waals surface area contributed by atoms with Crippen molar-refractivity contribution in [3.63, 3.8) is 0 Å². The Labute approximate surface area is 168 Å². The molecular formula is C19H22FN3O5S. The van der Waals surface area contributed by atoms with E-state index in [1.807, 2.05) is 0 Å². The molecule has 0 saturated heterocycles. The number of rotatable bonds is 8. The summed E-state index contributed by atoms with van der Waals surface area (Å²) < 4.78 is 44.3. The van der Waals surface area contributed by atoms with E-state index in [1.165, 1.54) is 50.5 Å². The topological polar surface area (TPSA) is 105 Å². The largest absolute Gasteiger partial charge is 0.491 e. The fourth-order valence-electron chi connectivity index (χ4n) is 2.33. The first-order chi connectivity index (χ1) is 13.6. The van der Waals surface area contributed by atoms with Crippen molar-refractivity contribution >= 4 is 27.5 Å². The highest BCUT2D eigenvalue weighted by atomic mass is 32.2. The monoisotopic (exact) mass is 423 g/mol. The smallest absolute Gasteiger partial charge is 0.251 e. The van der Waals surface area contributed by atoms with Gasteiger partial charge in [0.05, 0.1) is 18.0 Å². The Morgan fingerprint density at radius 1 is 1.14 bits per heavy atom. The van der Waals surface area contributed by atoms with Crippen LogP contribution >= 0.6 is 0 Å². The molecular weight excluding hydrogens is 401 g/mol. The van der Waals surface area contributed by atoms with Gasteiger partial charge in [-0.15, -0.1) is 0 Å². The molecule has 2 N–H and O–H groups in total. The molecule has 0 radical (unpaired) electrons. The van der Waals surface area contributed by atoms with Crippen molar-refractivity contribution in [1.29, 1.82) is 0 Å². The maximum Gasteiger partial charge on any atom is 0.251 e. The van der Waals surface area contributed by atoms with Crippen LogP contribution in [0.25, 0.3) is 0 Å². The summed E-state index contributed by atoms with van der Waals surface area (Å²) in [6, 6.07) is 9.45. The lowest BCUT2D eigenvalue weighted by atomic mass is 10.2. The summed E-state index contributed by atoms with van der Waals surface area (Å²) in [5, 5.41) is 4.85. The average molecular weight is 423 g/mol. The molecule has 0 bridgehead atoms. The van der Waals surface area contributed by atoms with Gasteiger partial charge >= 0.3 is 0 Å². The Morgan fingerprint density at radius 3 is 2.48 bits per heavy atom. The van der Waals surface area contributed by atoms with Crippen LogP contribution in [0.5, 0.6) is 5.75 Å². The van der Waals surface area contributed by atoms with E-state index in [4.69, 9.17) is 4.74 Å². The van der Waals surface area contributed by atoms with Gasteiger partial charge in [0.1, 0.15) is 0 Å². The van der Waals surface area contributed by atoms with E-state index in [0.717, 1.165) is 10.4 Å². The Hall–Kier alpha value is -2.98. The molecule has 0 aliphatic carbocycles. The highest BCUT2D eigenvalue weighted by Crippen LogP contribution is 2.21. The number of sulfonamides is 1. The number of benzene rings is 2. The highest BCUT2D eigenvalue weighted by molar-refractivity contribution is 7.89. The van der Waals surface area contributed by atoms with Crippen LogP contribution in [0.4, 0.5) is 10.1 Å². The van der Waals surface area contributed by atoms with Gasteiger partial charge in [0.25, 0.3) is 5.91 Å². The number of amides is 2. The molecule has 2 aromatic carbocycles. The number of nitrogens with zero attached hydrogens (tertiary/aromatic N) is 1. The van der Waals surface area contributed by atoms with Gasteiger partial charge in [-0.05, 0) is 37.3 Å². The molecule has 0 heterocycles. The van der Waals surface area contributed by atoms with Gasteiger partial charge < -0.3 is 15.4 Å². The summed E-state index contributed by atoms with van der Waals surface area (Å²) in [6.45, 7) is 1.66. The Morgan fingerprint density at radius 2 is 1.86 bits per heavy atom. The maximum atomic E-state index is 13.8. The fourth-order valence-corrected chi connectivity index (χ4v) is 3.28. The van der Waals surface area contributed by atoms with E-state index in [9.17, 15) is 22.4 Å². The van der Waals surface area contributed by atoms with Crippen LogP contribution in [0, 0.1) is 5.82 Å². The summed E-state index contributed by atoms with van der Waals surface area (Å²) >= 11 is 0. The van der Waals surface area contributed by atoms with E-state index in [2.05, 4.69) is 10.6 Å². The molecule has 0 fully saturated rings. The SMILES string of the molecule is CCOc1ccc(NC(=O)CNC(=O)c2cccc(S(=O)(=O)N(C)C)c2)cc1F. The molecule has 29 heavy (non-hydrogen) atoms. The Balaban J connectivity index is 1.99. The van der Waals surface area contributed by atoms with Gasteiger partial charge in [-0.3, -0.25) is 9.59 Å². The zero-order valence-electron chi connectivity index (χ0n) is 16.2. The Bertz CT molecular complexity index is 1010. The van der Waals surface area contributed by atoms with Gasteiger partial charge in [0, 0.05) is 31.4 Å². The summed E-state index contributed by atoms with van der Waals surface area (Å²) in [5.41, 5.74) is 0.303. The third-order valence-electron chi connectivity index (χ3n) is 3.80.